The molecule has 1 fully saturated rings. The molecule has 0 bridgehead atoms. The molecule has 4 heterocycles. The summed E-state index contributed by atoms with van der Waals surface area (Å²) in [5.41, 5.74) is 2.31. The van der Waals surface area contributed by atoms with Crippen LogP contribution in [0.25, 0.3) is 27.9 Å². The highest BCUT2D eigenvalue weighted by atomic mass is 16.5. The Morgan fingerprint density at radius 1 is 1.06 bits per heavy atom. The van der Waals surface area contributed by atoms with Crippen LogP contribution in [0.2, 0.25) is 0 Å². The molecule has 0 saturated carbocycles. The number of rotatable bonds is 7. The van der Waals surface area contributed by atoms with Gasteiger partial charge in [-0.05, 0) is 44.9 Å². The maximum atomic E-state index is 5.53. The molecule has 1 aliphatic heterocycles. The standard InChI is InChI=1S/C25H31N7O2/c1-16-7-5-8-17(2)31(16)12-11-27-25-28-20-14-22(34-4)21(33-3)13-19(20)24-29-23(30-32(24)25)18-9-6-10-26-15-18/h6,9-10,13-17H,5,7-8,11-12H2,1-4H3,(H,27,28)/t16-,17-/m0/s1. The van der Waals surface area contributed by atoms with Crippen LogP contribution in [0.3, 0.4) is 0 Å². The molecule has 1 aliphatic rings. The summed E-state index contributed by atoms with van der Waals surface area (Å²) in [6.07, 6.45) is 7.31. The number of nitrogens with one attached hydrogen (secondary N) is 1. The van der Waals surface area contributed by atoms with Gasteiger partial charge < -0.3 is 14.8 Å². The Kier molecular flexibility index (Phi) is 6.19. The van der Waals surface area contributed by atoms with Gasteiger partial charge in [0.15, 0.2) is 23.0 Å². The molecule has 0 unspecified atom stereocenters. The molecular weight excluding hydrogens is 430 g/mol. The Bertz CT molecular complexity index is 1280. The van der Waals surface area contributed by atoms with Gasteiger partial charge in [-0.1, -0.05) is 6.42 Å². The smallest absolute Gasteiger partial charge is 0.226 e. The van der Waals surface area contributed by atoms with Crippen LogP contribution in [0, 0.1) is 0 Å². The number of ether oxygens (including phenoxy) is 2. The van der Waals surface area contributed by atoms with Gasteiger partial charge in [-0.15, -0.1) is 5.10 Å². The van der Waals surface area contributed by atoms with Crippen molar-refractivity contribution in [1.82, 2.24) is 29.5 Å². The summed E-state index contributed by atoms with van der Waals surface area (Å²) in [5, 5.41) is 9.14. The Labute approximate surface area is 199 Å². The van der Waals surface area contributed by atoms with E-state index < -0.39 is 0 Å². The second-order valence-electron chi connectivity index (χ2n) is 8.87. The molecule has 1 saturated heterocycles. The Morgan fingerprint density at radius 3 is 2.53 bits per heavy atom. The highest BCUT2D eigenvalue weighted by molar-refractivity contribution is 5.95. The average molecular weight is 462 g/mol. The summed E-state index contributed by atoms with van der Waals surface area (Å²) in [4.78, 5) is 16.5. The number of anilines is 1. The molecule has 2 atom stereocenters. The van der Waals surface area contributed by atoms with Gasteiger partial charge in [0.25, 0.3) is 0 Å². The largest absolute Gasteiger partial charge is 0.493 e. The van der Waals surface area contributed by atoms with Crippen molar-refractivity contribution in [2.45, 2.75) is 45.2 Å². The van der Waals surface area contributed by atoms with Crippen molar-refractivity contribution < 1.29 is 9.47 Å². The lowest BCUT2D eigenvalue weighted by molar-refractivity contribution is 0.109. The van der Waals surface area contributed by atoms with Crippen molar-refractivity contribution in [3.05, 3.63) is 36.7 Å². The van der Waals surface area contributed by atoms with E-state index in [2.05, 4.69) is 29.0 Å². The third kappa shape index (κ3) is 4.11. The molecule has 0 amide bonds. The van der Waals surface area contributed by atoms with E-state index in [-0.39, 0.29) is 0 Å². The number of benzene rings is 1. The lowest BCUT2D eigenvalue weighted by Crippen LogP contribution is -2.45. The minimum absolute atomic E-state index is 0.593. The van der Waals surface area contributed by atoms with E-state index >= 15 is 0 Å². The lowest BCUT2D eigenvalue weighted by Gasteiger charge is -2.39. The summed E-state index contributed by atoms with van der Waals surface area (Å²) in [6.45, 7) is 6.34. The predicted octanol–water partition coefficient (Wildman–Crippen LogP) is 4.03. The van der Waals surface area contributed by atoms with Crippen LogP contribution in [0.4, 0.5) is 5.95 Å². The van der Waals surface area contributed by atoms with Crippen LogP contribution in [0.5, 0.6) is 11.5 Å². The number of methoxy groups -OCH3 is 2. The number of hydrogen-bond donors (Lipinski definition) is 1. The van der Waals surface area contributed by atoms with E-state index in [1.165, 1.54) is 19.3 Å². The van der Waals surface area contributed by atoms with Crippen LogP contribution < -0.4 is 14.8 Å². The number of aromatic nitrogens is 5. The molecule has 4 aromatic rings. The SMILES string of the molecule is COc1cc2nc(NCCN3[C@@H](C)CCC[C@@H]3C)n3nc(-c4cccnc4)nc3c2cc1OC. The van der Waals surface area contributed by atoms with Crippen LogP contribution in [-0.4, -0.2) is 68.9 Å². The van der Waals surface area contributed by atoms with Crippen molar-refractivity contribution in [3.8, 4) is 22.9 Å². The molecule has 178 valence electrons. The third-order valence-electron chi connectivity index (χ3n) is 6.73. The monoisotopic (exact) mass is 461 g/mol. The van der Waals surface area contributed by atoms with Crippen molar-refractivity contribution in [1.29, 1.82) is 0 Å². The normalized spacial score (nSPS) is 18.9. The zero-order valence-electron chi connectivity index (χ0n) is 20.2. The van der Waals surface area contributed by atoms with Gasteiger partial charge in [0.2, 0.25) is 5.95 Å². The maximum absolute atomic E-state index is 5.53. The van der Waals surface area contributed by atoms with Crippen molar-refractivity contribution in [2.75, 3.05) is 32.6 Å². The van der Waals surface area contributed by atoms with Crippen LogP contribution in [-0.2, 0) is 0 Å². The molecule has 5 rings (SSSR count). The highest BCUT2D eigenvalue weighted by Crippen LogP contribution is 2.34. The topological polar surface area (TPSA) is 89.7 Å². The number of hydrogen-bond acceptors (Lipinski definition) is 8. The first kappa shape index (κ1) is 22.3. The minimum atomic E-state index is 0.593. The van der Waals surface area contributed by atoms with Crippen molar-refractivity contribution in [3.63, 3.8) is 0 Å². The summed E-state index contributed by atoms with van der Waals surface area (Å²) >= 11 is 0. The number of nitrogens with zero attached hydrogens (tertiary/aromatic N) is 6. The fourth-order valence-corrected chi connectivity index (χ4v) is 4.88. The van der Waals surface area contributed by atoms with E-state index in [0.717, 1.165) is 29.6 Å². The van der Waals surface area contributed by atoms with Gasteiger partial charge >= 0.3 is 0 Å². The number of fused-ring (bicyclic) bond motifs is 3. The van der Waals surface area contributed by atoms with E-state index in [1.54, 1.807) is 31.1 Å². The molecular formula is C25H31N7O2. The first-order valence-corrected chi connectivity index (χ1v) is 11.8. The second kappa shape index (κ2) is 9.42. The van der Waals surface area contributed by atoms with Crippen LogP contribution in [0.15, 0.2) is 36.7 Å². The molecule has 0 radical (unpaired) electrons. The summed E-state index contributed by atoms with van der Waals surface area (Å²) in [5.74, 6) is 2.49. The van der Waals surface area contributed by atoms with Crippen LogP contribution in [0.1, 0.15) is 33.1 Å². The molecule has 9 heteroatoms. The molecule has 9 nitrogen and oxygen atoms in total. The summed E-state index contributed by atoms with van der Waals surface area (Å²) < 4.78 is 12.8. The number of pyridine rings is 1. The zero-order chi connectivity index (χ0) is 23.7. The molecule has 3 aromatic heterocycles. The van der Waals surface area contributed by atoms with E-state index in [9.17, 15) is 0 Å². The lowest BCUT2D eigenvalue weighted by atomic mass is 9.98. The average Bonchev–Trinajstić information content (AvgIpc) is 3.31. The third-order valence-corrected chi connectivity index (χ3v) is 6.73. The molecule has 1 aromatic carbocycles. The Morgan fingerprint density at radius 2 is 1.82 bits per heavy atom. The number of piperidine rings is 1. The Balaban J connectivity index is 1.55. The highest BCUT2D eigenvalue weighted by Gasteiger charge is 2.24. The van der Waals surface area contributed by atoms with Gasteiger partial charge in [-0.25, -0.2) is 9.97 Å². The van der Waals surface area contributed by atoms with Crippen molar-refractivity contribution in [2.24, 2.45) is 0 Å². The fourth-order valence-electron chi connectivity index (χ4n) is 4.88. The van der Waals surface area contributed by atoms with E-state index in [4.69, 9.17) is 24.5 Å². The van der Waals surface area contributed by atoms with E-state index in [1.807, 2.05) is 24.3 Å². The second-order valence-corrected chi connectivity index (χ2v) is 8.87. The van der Waals surface area contributed by atoms with Gasteiger partial charge in [0.1, 0.15) is 0 Å². The quantitative estimate of drug-likeness (QED) is 0.441. The van der Waals surface area contributed by atoms with Gasteiger partial charge in [0.05, 0.1) is 19.7 Å². The fraction of sp³-hybridized carbons (Fsp3) is 0.440. The van der Waals surface area contributed by atoms with Crippen molar-refractivity contribution >= 4 is 22.5 Å². The molecule has 0 spiro atoms. The predicted molar refractivity (Wildman–Crippen MR) is 133 cm³/mol. The first-order chi connectivity index (χ1) is 16.6. The summed E-state index contributed by atoms with van der Waals surface area (Å²) in [6, 6.07) is 8.80. The molecule has 0 aliphatic carbocycles. The molecule has 34 heavy (non-hydrogen) atoms. The maximum Gasteiger partial charge on any atom is 0.226 e. The van der Waals surface area contributed by atoms with Crippen LogP contribution >= 0.6 is 0 Å². The van der Waals surface area contributed by atoms with Gasteiger partial charge in [-0.3, -0.25) is 9.88 Å². The number of likely N-dealkylation sites (tertiary alicyclic amines) is 1. The van der Waals surface area contributed by atoms with E-state index in [0.29, 0.717) is 41.0 Å². The first-order valence-electron chi connectivity index (χ1n) is 11.8. The minimum Gasteiger partial charge on any atom is -0.493 e. The Hall–Kier alpha value is -3.46. The molecule has 1 N–H and O–H groups in total. The summed E-state index contributed by atoms with van der Waals surface area (Å²) in [7, 11) is 3.25. The van der Waals surface area contributed by atoms with Gasteiger partial charge in [-0.2, -0.15) is 4.52 Å². The zero-order valence-corrected chi connectivity index (χ0v) is 20.2. The van der Waals surface area contributed by atoms with Gasteiger partial charge in [0, 0.05) is 54.6 Å².